The molecule has 1 fully saturated rings. The zero-order valence-corrected chi connectivity index (χ0v) is 19.3. The van der Waals surface area contributed by atoms with Crippen LogP contribution < -0.4 is 9.64 Å². The molecule has 2 aromatic carbocycles. The number of aryl methyl sites for hydroxylation is 2. The van der Waals surface area contributed by atoms with Gasteiger partial charge in [-0.2, -0.15) is 0 Å². The van der Waals surface area contributed by atoms with Crippen molar-refractivity contribution in [2.24, 2.45) is 7.05 Å². The van der Waals surface area contributed by atoms with Gasteiger partial charge in [0.2, 0.25) is 0 Å². The Balaban J connectivity index is 1.43. The number of rotatable bonds is 4. The highest BCUT2D eigenvalue weighted by Gasteiger charge is 2.25. The summed E-state index contributed by atoms with van der Waals surface area (Å²) in [6.07, 6.45) is 2.00. The third-order valence-corrected chi connectivity index (χ3v) is 6.41. The summed E-state index contributed by atoms with van der Waals surface area (Å²) < 4.78 is 7.30. The molecular formula is C27H28N4O2. The van der Waals surface area contributed by atoms with E-state index in [1.165, 1.54) is 0 Å². The SMILES string of the molecule is COc1ccc(N2CCN(C(=O)c3cc(-c4cccn4C)nc4ccc(C)cc34)CC2)cc1. The molecule has 0 atom stereocenters. The van der Waals surface area contributed by atoms with Gasteiger partial charge in [-0.3, -0.25) is 4.79 Å². The number of nitrogens with zero attached hydrogens (tertiary/aromatic N) is 4. The molecule has 6 heteroatoms. The molecule has 0 aliphatic carbocycles. The lowest BCUT2D eigenvalue weighted by molar-refractivity contribution is 0.0748. The van der Waals surface area contributed by atoms with Crippen LogP contribution in [0.3, 0.4) is 0 Å². The smallest absolute Gasteiger partial charge is 0.254 e. The monoisotopic (exact) mass is 440 g/mol. The summed E-state index contributed by atoms with van der Waals surface area (Å²) >= 11 is 0. The van der Waals surface area contributed by atoms with Gasteiger partial charge in [-0.15, -0.1) is 0 Å². The van der Waals surface area contributed by atoms with Crippen molar-refractivity contribution < 1.29 is 9.53 Å². The first-order chi connectivity index (χ1) is 16.0. The van der Waals surface area contributed by atoms with Crippen LogP contribution in [0.1, 0.15) is 15.9 Å². The molecule has 0 spiro atoms. The van der Waals surface area contributed by atoms with E-state index < -0.39 is 0 Å². The lowest BCUT2D eigenvalue weighted by atomic mass is 10.0. The molecule has 0 N–H and O–H groups in total. The van der Waals surface area contributed by atoms with Crippen molar-refractivity contribution in [2.75, 3.05) is 38.2 Å². The van der Waals surface area contributed by atoms with E-state index in [1.807, 2.05) is 72.1 Å². The quantitative estimate of drug-likeness (QED) is 0.468. The standard InChI is InChI=1S/C27H28N4O2/c1-19-6-11-24-22(17-19)23(18-25(28-24)26-5-4-12-29(26)2)27(32)31-15-13-30(14-16-31)20-7-9-21(33-3)10-8-20/h4-12,17-18H,13-16H2,1-3H3. The molecular weight excluding hydrogens is 412 g/mol. The van der Waals surface area contributed by atoms with Gasteiger partial charge >= 0.3 is 0 Å². The second-order valence-corrected chi connectivity index (χ2v) is 8.56. The van der Waals surface area contributed by atoms with E-state index in [-0.39, 0.29) is 5.91 Å². The van der Waals surface area contributed by atoms with Crippen LogP contribution in [0.15, 0.2) is 66.9 Å². The van der Waals surface area contributed by atoms with Gasteiger partial charge in [0.1, 0.15) is 5.75 Å². The maximum atomic E-state index is 13.7. The van der Waals surface area contributed by atoms with Crippen LogP contribution in [-0.4, -0.2) is 53.6 Å². The highest BCUT2D eigenvalue weighted by atomic mass is 16.5. The minimum Gasteiger partial charge on any atom is -0.497 e. The predicted molar refractivity (Wildman–Crippen MR) is 132 cm³/mol. The van der Waals surface area contributed by atoms with Gasteiger partial charge in [0, 0.05) is 50.5 Å². The number of fused-ring (bicyclic) bond motifs is 1. The number of carbonyl (C=O) groups excluding carboxylic acids is 1. The zero-order chi connectivity index (χ0) is 22.9. The number of pyridine rings is 1. The molecule has 33 heavy (non-hydrogen) atoms. The fourth-order valence-electron chi connectivity index (χ4n) is 4.51. The van der Waals surface area contributed by atoms with E-state index in [2.05, 4.69) is 23.1 Å². The number of aromatic nitrogens is 2. The van der Waals surface area contributed by atoms with E-state index in [0.717, 1.165) is 57.9 Å². The van der Waals surface area contributed by atoms with Crippen molar-refractivity contribution >= 4 is 22.5 Å². The average Bonchev–Trinajstić information content (AvgIpc) is 3.29. The molecule has 2 aromatic heterocycles. The van der Waals surface area contributed by atoms with Crippen molar-refractivity contribution in [2.45, 2.75) is 6.92 Å². The number of carbonyl (C=O) groups is 1. The van der Waals surface area contributed by atoms with Crippen LogP contribution in [0, 0.1) is 6.92 Å². The molecule has 3 heterocycles. The van der Waals surface area contributed by atoms with Crippen LogP contribution in [0.2, 0.25) is 0 Å². The first-order valence-corrected chi connectivity index (χ1v) is 11.2. The fraction of sp³-hybridized carbons (Fsp3) is 0.259. The Kier molecular flexibility index (Phi) is 5.50. The van der Waals surface area contributed by atoms with Gasteiger partial charge in [0.15, 0.2) is 0 Å². The third kappa shape index (κ3) is 4.04. The van der Waals surface area contributed by atoms with E-state index in [0.29, 0.717) is 13.1 Å². The number of hydrogen-bond donors (Lipinski definition) is 0. The second kappa shape index (κ2) is 8.62. The second-order valence-electron chi connectivity index (χ2n) is 8.56. The topological polar surface area (TPSA) is 50.6 Å². The molecule has 1 aliphatic heterocycles. The van der Waals surface area contributed by atoms with Gasteiger partial charge in [-0.1, -0.05) is 11.6 Å². The van der Waals surface area contributed by atoms with Crippen LogP contribution >= 0.6 is 0 Å². The summed E-state index contributed by atoms with van der Waals surface area (Å²) in [7, 11) is 3.67. The van der Waals surface area contributed by atoms with Crippen molar-refractivity contribution in [3.8, 4) is 17.1 Å². The minimum atomic E-state index is 0.0674. The lowest BCUT2D eigenvalue weighted by Crippen LogP contribution is -2.48. The summed E-state index contributed by atoms with van der Waals surface area (Å²) in [6.45, 7) is 5.00. The Bertz CT molecular complexity index is 1300. The maximum absolute atomic E-state index is 13.7. The van der Waals surface area contributed by atoms with Crippen molar-refractivity contribution in [3.63, 3.8) is 0 Å². The summed E-state index contributed by atoms with van der Waals surface area (Å²) in [5.74, 6) is 0.916. The molecule has 0 unspecified atom stereocenters. The number of hydrogen-bond acceptors (Lipinski definition) is 4. The van der Waals surface area contributed by atoms with Gasteiger partial charge in [-0.25, -0.2) is 4.98 Å². The van der Waals surface area contributed by atoms with Crippen LogP contribution in [-0.2, 0) is 7.05 Å². The van der Waals surface area contributed by atoms with Gasteiger partial charge in [0.25, 0.3) is 5.91 Å². The van der Waals surface area contributed by atoms with E-state index in [1.54, 1.807) is 7.11 Å². The highest BCUT2D eigenvalue weighted by Crippen LogP contribution is 2.28. The van der Waals surface area contributed by atoms with E-state index in [4.69, 9.17) is 9.72 Å². The molecule has 6 nitrogen and oxygen atoms in total. The molecule has 5 rings (SSSR count). The molecule has 0 saturated carbocycles. The first-order valence-electron chi connectivity index (χ1n) is 11.2. The Morgan fingerprint density at radius 1 is 0.970 bits per heavy atom. The third-order valence-electron chi connectivity index (χ3n) is 6.41. The number of benzene rings is 2. The molecule has 1 amide bonds. The Morgan fingerprint density at radius 3 is 2.39 bits per heavy atom. The minimum absolute atomic E-state index is 0.0674. The zero-order valence-electron chi connectivity index (χ0n) is 19.3. The molecule has 0 radical (unpaired) electrons. The average molecular weight is 441 g/mol. The summed E-state index contributed by atoms with van der Waals surface area (Å²) in [4.78, 5) is 22.9. The highest BCUT2D eigenvalue weighted by molar-refractivity contribution is 6.07. The van der Waals surface area contributed by atoms with Gasteiger partial charge in [-0.05, 0) is 61.5 Å². The predicted octanol–water partition coefficient (Wildman–Crippen LogP) is 4.52. The summed E-state index contributed by atoms with van der Waals surface area (Å²) in [6, 6.07) is 20.2. The van der Waals surface area contributed by atoms with Gasteiger partial charge < -0.3 is 19.1 Å². The van der Waals surface area contributed by atoms with Crippen molar-refractivity contribution in [1.29, 1.82) is 0 Å². The molecule has 168 valence electrons. The molecule has 0 bridgehead atoms. The largest absolute Gasteiger partial charge is 0.497 e. The van der Waals surface area contributed by atoms with Crippen LogP contribution in [0.4, 0.5) is 5.69 Å². The number of piperazine rings is 1. The molecule has 1 aliphatic rings. The Morgan fingerprint density at radius 2 is 1.73 bits per heavy atom. The summed E-state index contributed by atoms with van der Waals surface area (Å²) in [5, 5.41) is 0.913. The van der Waals surface area contributed by atoms with Gasteiger partial charge in [0.05, 0.1) is 29.6 Å². The molecule has 4 aromatic rings. The Labute approximate surface area is 194 Å². The first kappa shape index (κ1) is 21.1. The Hall–Kier alpha value is -3.80. The number of anilines is 1. The normalized spacial score (nSPS) is 14.0. The summed E-state index contributed by atoms with van der Waals surface area (Å²) in [5.41, 5.74) is 5.65. The number of amides is 1. The lowest BCUT2D eigenvalue weighted by Gasteiger charge is -2.36. The van der Waals surface area contributed by atoms with E-state index >= 15 is 0 Å². The van der Waals surface area contributed by atoms with Crippen LogP contribution in [0.5, 0.6) is 5.75 Å². The number of ether oxygens (including phenoxy) is 1. The molecule has 1 saturated heterocycles. The van der Waals surface area contributed by atoms with Crippen LogP contribution in [0.25, 0.3) is 22.3 Å². The fourth-order valence-corrected chi connectivity index (χ4v) is 4.51. The van der Waals surface area contributed by atoms with Crippen molar-refractivity contribution in [3.05, 3.63) is 78.0 Å². The van der Waals surface area contributed by atoms with E-state index in [9.17, 15) is 4.79 Å². The van der Waals surface area contributed by atoms with Crippen molar-refractivity contribution in [1.82, 2.24) is 14.5 Å². The maximum Gasteiger partial charge on any atom is 0.254 e. The number of methoxy groups -OCH3 is 1.